The highest BCUT2D eigenvalue weighted by atomic mass is 79.9. The highest BCUT2D eigenvalue weighted by Crippen LogP contribution is 2.26. The molecule has 13 heavy (non-hydrogen) atoms. The van der Waals surface area contributed by atoms with Crippen molar-refractivity contribution in [2.24, 2.45) is 5.73 Å². The predicted octanol–water partition coefficient (Wildman–Crippen LogP) is 2.53. The Morgan fingerprint density at radius 1 is 1.38 bits per heavy atom. The van der Waals surface area contributed by atoms with E-state index >= 15 is 0 Å². The third kappa shape index (κ3) is 2.45. The number of halogens is 1. The summed E-state index contributed by atoms with van der Waals surface area (Å²) in [6.45, 7) is 1.98. The first-order valence-corrected chi connectivity index (χ1v) is 5.04. The molecule has 2 nitrogen and oxygen atoms in total. The fourth-order valence-corrected chi connectivity index (χ4v) is 1.89. The van der Waals surface area contributed by atoms with Gasteiger partial charge in [0.05, 0.1) is 0 Å². The van der Waals surface area contributed by atoms with Crippen LogP contribution in [0.2, 0.25) is 0 Å². The summed E-state index contributed by atoms with van der Waals surface area (Å²) in [6, 6.07) is 6.29. The number of benzene rings is 1. The van der Waals surface area contributed by atoms with Crippen molar-refractivity contribution in [1.82, 2.24) is 0 Å². The number of nitrogens with two attached hydrogens (primary N) is 1. The number of nitrogens with zero attached hydrogens (tertiary/aromatic N) is 1. The van der Waals surface area contributed by atoms with Gasteiger partial charge in [0, 0.05) is 30.3 Å². The molecule has 1 rings (SSSR count). The Labute approximate surface area is 87.9 Å². The van der Waals surface area contributed by atoms with E-state index in [1.165, 1.54) is 5.69 Å². The molecule has 2 N–H and O–H groups in total. The number of rotatable bonds is 2. The Morgan fingerprint density at radius 3 is 2.38 bits per heavy atom. The van der Waals surface area contributed by atoms with E-state index in [0.29, 0.717) is 0 Å². The van der Waals surface area contributed by atoms with Gasteiger partial charge in [-0.2, -0.15) is 0 Å². The van der Waals surface area contributed by atoms with E-state index in [-0.39, 0.29) is 6.04 Å². The summed E-state index contributed by atoms with van der Waals surface area (Å²) >= 11 is 3.51. The lowest BCUT2D eigenvalue weighted by atomic mass is 10.1. The van der Waals surface area contributed by atoms with Gasteiger partial charge in [0.2, 0.25) is 0 Å². The summed E-state index contributed by atoms with van der Waals surface area (Å²) in [4.78, 5) is 2.07. The zero-order valence-corrected chi connectivity index (χ0v) is 9.80. The summed E-state index contributed by atoms with van der Waals surface area (Å²) in [5, 5.41) is 0. The van der Waals surface area contributed by atoms with Crippen LogP contribution in [-0.4, -0.2) is 14.1 Å². The number of hydrogen-bond acceptors (Lipinski definition) is 2. The minimum atomic E-state index is 0.0746. The van der Waals surface area contributed by atoms with Crippen LogP contribution in [0, 0.1) is 0 Å². The molecule has 1 aromatic rings. The van der Waals surface area contributed by atoms with Crippen molar-refractivity contribution in [3.8, 4) is 0 Å². The van der Waals surface area contributed by atoms with E-state index in [1.807, 2.05) is 21.0 Å². The average Bonchev–Trinajstić information content (AvgIpc) is 2.03. The topological polar surface area (TPSA) is 29.3 Å². The molecule has 0 heterocycles. The standard InChI is InChI=1S/C10H15BrN2/c1-7(12)9-5-4-8(13(2)3)6-10(9)11/h4-7H,12H2,1-3H3/t7-/m0/s1. The summed E-state index contributed by atoms with van der Waals surface area (Å²) in [6.07, 6.45) is 0. The Bertz CT molecular complexity index is 295. The number of anilines is 1. The molecular formula is C10H15BrN2. The molecule has 0 saturated carbocycles. The zero-order chi connectivity index (χ0) is 10.0. The van der Waals surface area contributed by atoms with Crippen LogP contribution in [0.15, 0.2) is 22.7 Å². The second-order valence-electron chi connectivity index (χ2n) is 3.39. The molecule has 0 saturated heterocycles. The van der Waals surface area contributed by atoms with Gasteiger partial charge in [-0.25, -0.2) is 0 Å². The van der Waals surface area contributed by atoms with E-state index in [0.717, 1.165) is 10.0 Å². The Morgan fingerprint density at radius 2 is 2.00 bits per heavy atom. The molecule has 0 spiro atoms. The quantitative estimate of drug-likeness (QED) is 0.864. The molecule has 0 bridgehead atoms. The smallest absolute Gasteiger partial charge is 0.0372 e. The van der Waals surface area contributed by atoms with Crippen molar-refractivity contribution in [2.45, 2.75) is 13.0 Å². The molecule has 72 valence electrons. The lowest BCUT2D eigenvalue weighted by Gasteiger charge is -2.15. The third-order valence-electron chi connectivity index (χ3n) is 1.99. The summed E-state index contributed by atoms with van der Waals surface area (Å²) < 4.78 is 1.08. The molecule has 0 amide bonds. The van der Waals surface area contributed by atoms with E-state index in [1.54, 1.807) is 0 Å². The normalized spacial score (nSPS) is 12.7. The van der Waals surface area contributed by atoms with Gasteiger partial charge in [0.25, 0.3) is 0 Å². The Kier molecular flexibility index (Phi) is 3.33. The van der Waals surface area contributed by atoms with Gasteiger partial charge < -0.3 is 10.6 Å². The summed E-state index contributed by atoms with van der Waals surface area (Å²) in [7, 11) is 4.04. The molecular weight excluding hydrogens is 228 g/mol. The van der Waals surface area contributed by atoms with Crippen LogP contribution in [-0.2, 0) is 0 Å². The highest BCUT2D eigenvalue weighted by molar-refractivity contribution is 9.10. The minimum absolute atomic E-state index is 0.0746. The molecule has 0 unspecified atom stereocenters. The molecule has 0 aliphatic rings. The molecule has 1 atom stereocenters. The first-order chi connectivity index (χ1) is 6.02. The molecule has 1 aromatic carbocycles. The van der Waals surface area contributed by atoms with E-state index in [4.69, 9.17) is 5.73 Å². The van der Waals surface area contributed by atoms with Crippen molar-refractivity contribution >= 4 is 21.6 Å². The number of hydrogen-bond donors (Lipinski definition) is 1. The minimum Gasteiger partial charge on any atom is -0.378 e. The molecule has 0 fully saturated rings. The summed E-state index contributed by atoms with van der Waals surface area (Å²) in [5.41, 5.74) is 8.12. The molecule has 0 aliphatic carbocycles. The largest absolute Gasteiger partial charge is 0.378 e. The molecule has 0 aliphatic heterocycles. The van der Waals surface area contributed by atoms with E-state index in [9.17, 15) is 0 Å². The van der Waals surface area contributed by atoms with Crippen LogP contribution in [0.4, 0.5) is 5.69 Å². The maximum atomic E-state index is 5.80. The monoisotopic (exact) mass is 242 g/mol. The van der Waals surface area contributed by atoms with Gasteiger partial charge >= 0.3 is 0 Å². The van der Waals surface area contributed by atoms with Crippen LogP contribution >= 0.6 is 15.9 Å². The van der Waals surface area contributed by atoms with Gasteiger partial charge in [-0.05, 0) is 24.6 Å². The zero-order valence-electron chi connectivity index (χ0n) is 8.21. The second kappa shape index (κ2) is 4.11. The lowest BCUT2D eigenvalue weighted by molar-refractivity contribution is 0.813. The van der Waals surface area contributed by atoms with Crippen molar-refractivity contribution in [3.05, 3.63) is 28.2 Å². The van der Waals surface area contributed by atoms with E-state index < -0.39 is 0 Å². The Balaban J connectivity index is 3.06. The maximum Gasteiger partial charge on any atom is 0.0372 e. The third-order valence-corrected chi connectivity index (χ3v) is 2.68. The fraction of sp³-hybridized carbons (Fsp3) is 0.400. The van der Waals surface area contributed by atoms with E-state index in [2.05, 4.69) is 39.0 Å². The van der Waals surface area contributed by atoms with Crippen LogP contribution in [0.25, 0.3) is 0 Å². The second-order valence-corrected chi connectivity index (χ2v) is 4.24. The average molecular weight is 243 g/mol. The van der Waals surface area contributed by atoms with Gasteiger partial charge in [0.1, 0.15) is 0 Å². The van der Waals surface area contributed by atoms with Gasteiger partial charge in [-0.3, -0.25) is 0 Å². The fourth-order valence-electron chi connectivity index (χ4n) is 1.16. The first kappa shape index (κ1) is 10.5. The van der Waals surface area contributed by atoms with Gasteiger partial charge in [0.15, 0.2) is 0 Å². The highest BCUT2D eigenvalue weighted by Gasteiger charge is 2.05. The lowest BCUT2D eigenvalue weighted by Crippen LogP contribution is -2.10. The molecule has 0 aromatic heterocycles. The van der Waals surface area contributed by atoms with Crippen molar-refractivity contribution in [3.63, 3.8) is 0 Å². The summed E-state index contributed by atoms with van der Waals surface area (Å²) in [5.74, 6) is 0. The SMILES string of the molecule is C[C@H](N)c1ccc(N(C)C)cc1Br. The van der Waals surface area contributed by atoms with Crippen LogP contribution in [0.3, 0.4) is 0 Å². The van der Waals surface area contributed by atoms with Gasteiger partial charge in [-0.15, -0.1) is 0 Å². The van der Waals surface area contributed by atoms with Gasteiger partial charge in [-0.1, -0.05) is 22.0 Å². The van der Waals surface area contributed by atoms with Crippen molar-refractivity contribution in [2.75, 3.05) is 19.0 Å². The first-order valence-electron chi connectivity index (χ1n) is 4.24. The molecule has 3 heteroatoms. The van der Waals surface area contributed by atoms with Crippen molar-refractivity contribution in [1.29, 1.82) is 0 Å². The van der Waals surface area contributed by atoms with Crippen LogP contribution < -0.4 is 10.6 Å². The Hall–Kier alpha value is -0.540. The van der Waals surface area contributed by atoms with Crippen molar-refractivity contribution < 1.29 is 0 Å². The molecule has 0 radical (unpaired) electrons. The maximum absolute atomic E-state index is 5.80. The van der Waals surface area contributed by atoms with Crippen LogP contribution in [0.1, 0.15) is 18.5 Å². The predicted molar refractivity (Wildman–Crippen MR) is 61.1 cm³/mol. The van der Waals surface area contributed by atoms with Crippen LogP contribution in [0.5, 0.6) is 0 Å².